The van der Waals surface area contributed by atoms with Gasteiger partial charge in [-0.1, -0.05) is 169 Å². The van der Waals surface area contributed by atoms with Crippen molar-refractivity contribution in [3.05, 3.63) is 276 Å². The van der Waals surface area contributed by atoms with Crippen LogP contribution in [0.1, 0.15) is 22.3 Å². The van der Waals surface area contributed by atoms with Crippen LogP contribution in [0.15, 0.2) is 263 Å². The van der Waals surface area contributed by atoms with Gasteiger partial charge >= 0.3 is 0 Å². The van der Waals surface area contributed by atoms with E-state index in [1.165, 1.54) is 43.2 Å². The first-order valence-electron chi connectivity index (χ1n) is 24.4. The molecule has 0 atom stereocenters. The lowest BCUT2D eigenvalue weighted by atomic mass is 9.67. The molecule has 15 rings (SSSR count). The largest absolute Gasteiger partial charge is 0.455 e. The second kappa shape index (κ2) is 16.0. The lowest BCUT2D eigenvalue weighted by Gasteiger charge is -2.39. The van der Waals surface area contributed by atoms with Crippen LogP contribution in [0, 0.1) is 0 Å². The average molecular weight is 958 g/mol. The van der Waals surface area contributed by atoms with Crippen molar-refractivity contribution in [3.8, 4) is 39.1 Å². The number of para-hydroxylation sites is 3. The van der Waals surface area contributed by atoms with Gasteiger partial charge in [-0.3, -0.25) is 0 Å². The van der Waals surface area contributed by atoms with E-state index < -0.39 is 5.41 Å². The quantitative estimate of drug-likeness (QED) is 0.166. The van der Waals surface area contributed by atoms with Crippen LogP contribution in [0.25, 0.3) is 82.8 Å². The zero-order chi connectivity index (χ0) is 47.5. The Morgan fingerprint density at radius 2 is 0.972 bits per heavy atom. The van der Waals surface area contributed by atoms with E-state index in [-0.39, 0.29) is 0 Å². The third-order valence-corrected chi connectivity index (χ3v) is 16.5. The van der Waals surface area contributed by atoms with Gasteiger partial charge in [0.1, 0.15) is 11.2 Å². The number of halogens is 1. The van der Waals surface area contributed by atoms with Crippen LogP contribution in [0.4, 0.5) is 17.1 Å². The molecule has 2 aliphatic rings. The zero-order valence-corrected chi connectivity index (χ0v) is 40.3. The first kappa shape index (κ1) is 41.3. The summed E-state index contributed by atoms with van der Waals surface area (Å²) in [5.41, 5.74) is 19.9. The summed E-state index contributed by atoms with van der Waals surface area (Å²) < 4.78 is 9.04. The highest BCUT2D eigenvalue weighted by atomic mass is 35.5. The Kier molecular flexibility index (Phi) is 9.17. The van der Waals surface area contributed by atoms with E-state index in [0.29, 0.717) is 0 Å². The van der Waals surface area contributed by atoms with Crippen molar-refractivity contribution in [1.82, 2.24) is 4.57 Å². The summed E-state index contributed by atoms with van der Waals surface area (Å²) in [5.74, 6) is 0. The third-order valence-electron chi connectivity index (χ3n) is 15.1. The second-order valence-corrected chi connectivity index (χ2v) is 20.4. The minimum atomic E-state index is -0.545. The summed E-state index contributed by atoms with van der Waals surface area (Å²) in [4.78, 5) is 4.98. The number of rotatable bonds is 6. The highest BCUT2D eigenvalue weighted by Gasteiger charge is 2.50. The van der Waals surface area contributed by atoms with E-state index >= 15 is 0 Å². The summed E-state index contributed by atoms with van der Waals surface area (Å²) in [5, 5.41) is 5.19. The van der Waals surface area contributed by atoms with Crippen molar-refractivity contribution in [2.45, 2.75) is 15.2 Å². The molecule has 338 valence electrons. The SMILES string of the molecule is Clc1ccc2c(c1)c1cc(-c3ccc4c(c3)-c3cc(N(c5ccccc5)c5cc(-c6ccccc6)c6oc7ccccc7c6c5)ccc3C43c4ccccc4Sc4ccccc43)ccc1n2-c1ccccc1. The monoisotopic (exact) mass is 956 g/mol. The van der Waals surface area contributed by atoms with Crippen LogP contribution < -0.4 is 4.90 Å². The lowest BCUT2D eigenvalue weighted by Crippen LogP contribution is -2.31. The predicted molar refractivity (Wildman–Crippen MR) is 300 cm³/mol. The number of anilines is 3. The second-order valence-electron chi connectivity index (χ2n) is 18.9. The maximum Gasteiger partial charge on any atom is 0.143 e. The molecule has 0 N–H and O–H groups in total. The van der Waals surface area contributed by atoms with Gasteiger partial charge in [0.2, 0.25) is 0 Å². The van der Waals surface area contributed by atoms with Crippen molar-refractivity contribution in [3.63, 3.8) is 0 Å². The maximum absolute atomic E-state index is 6.76. The standard InChI is InChI=1S/C67H41ClN2OS/c68-45-30-35-62-55(38-45)54-37-44(29-34-61(54)70(62)47-20-8-3-9-21-47)43-28-32-57-52(36-43)53-39-48(31-33-58(53)67(57)59-23-11-14-26-64(59)72-65-27-15-12-24-60(65)67)69(46-18-6-2-7-19-46)49-40-51(42-16-4-1-5-17-42)66-56(41-49)50-22-10-13-25-63(50)71-66/h1-41H. The Morgan fingerprint density at radius 1 is 0.389 bits per heavy atom. The number of furan rings is 1. The van der Waals surface area contributed by atoms with Gasteiger partial charge in [-0.2, -0.15) is 0 Å². The van der Waals surface area contributed by atoms with Crippen LogP contribution in [-0.4, -0.2) is 4.57 Å². The fourth-order valence-corrected chi connectivity index (χ4v) is 13.4. The molecule has 1 spiro atoms. The Balaban J connectivity index is 0.985. The summed E-state index contributed by atoms with van der Waals surface area (Å²) >= 11 is 8.63. The predicted octanol–water partition coefficient (Wildman–Crippen LogP) is 19.0. The van der Waals surface area contributed by atoms with E-state index in [2.05, 4.69) is 246 Å². The lowest BCUT2D eigenvalue weighted by molar-refractivity contribution is 0.670. The molecule has 0 bridgehead atoms. The van der Waals surface area contributed by atoms with Crippen LogP contribution >= 0.6 is 23.4 Å². The van der Waals surface area contributed by atoms with Gasteiger partial charge in [-0.05, 0) is 153 Å². The summed E-state index contributed by atoms with van der Waals surface area (Å²) in [7, 11) is 0. The molecule has 0 unspecified atom stereocenters. The van der Waals surface area contributed by atoms with Crippen LogP contribution in [-0.2, 0) is 5.41 Å². The minimum absolute atomic E-state index is 0.545. The molecule has 1 aliphatic carbocycles. The number of hydrogen-bond acceptors (Lipinski definition) is 3. The van der Waals surface area contributed by atoms with Crippen molar-refractivity contribution in [1.29, 1.82) is 0 Å². The topological polar surface area (TPSA) is 21.3 Å². The Labute approximate surface area is 425 Å². The third kappa shape index (κ3) is 6.07. The highest BCUT2D eigenvalue weighted by Crippen LogP contribution is 2.63. The maximum atomic E-state index is 6.76. The first-order valence-corrected chi connectivity index (χ1v) is 25.6. The van der Waals surface area contributed by atoms with Gasteiger partial charge in [-0.15, -0.1) is 0 Å². The van der Waals surface area contributed by atoms with Crippen LogP contribution in [0.2, 0.25) is 5.02 Å². The van der Waals surface area contributed by atoms with Gasteiger partial charge < -0.3 is 13.9 Å². The van der Waals surface area contributed by atoms with Crippen molar-refractivity contribution < 1.29 is 4.42 Å². The van der Waals surface area contributed by atoms with Crippen molar-refractivity contribution in [2.24, 2.45) is 0 Å². The molecule has 2 aromatic heterocycles. The summed E-state index contributed by atoms with van der Waals surface area (Å²) in [6.45, 7) is 0. The fourth-order valence-electron chi connectivity index (χ4n) is 12.0. The van der Waals surface area contributed by atoms with E-state index in [1.54, 1.807) is 0 Å². The number of aromatic nitrogens is 1. The molecule has 13 aromatic rings. The molecule has 3 heterocycles. The smallest absolute Gasteiger partial charge is 0.143 e. The van der Waals surface area contributed by atoms with Crippen molar-refractivity contribution in [2.75, 3.05) is 4.90 Å². The fraction of sp³-hybridized carbons (Fsp3) is 0.0149. The van der Waals surface area contributed by atoms with E-state index in [9.17, 15) is 0 Å². The molecule has 5 heteroatoms. The van der Waals surface area contributed by atoms with Crippen LogP contribution in [0.3, 0.4) is 0 Å². The van der Waals surface area contributed by atoms with E-state index in [0.717, 1.165) is 93.8 Å². The van der Waals surface area contributed by atoms with Gasteiger partial charge in [0.05, 0.1) is 16.4 Å². The number of hydrogen-bond donors (Lipinski definition) is 0. The number of benzene rings is 11. The highest BCUT2D eigenvalue weighted by molar-refractivity contribution is 7.99. The minimum Gasteiger partial charge on any atom is -0.455 e. The molecule has 0 saturated carbocycles. The van der Waals surface area contributed by atoms with Gasteiger partial charge in [0.15, 0.2) is 0 Å². The van der Waals surface area contributed by atoms with Crippen molar-refractivity contribution >= 4 is 84.2 Å². The first-order chi connectivity index (χ1) is 35.6. The molecule has 0 radical (unpaired) electrons. The normalized spacial score (nSPS) is 13.1. The molecule has 3 nitrogen and oxygen atoms in total. The molecule has 11 aromatic carbocycles. The Bertz CT molecular complexity index is 4280. The Hall–Kier alpha value is -8.54. The van der Waals surface area contributed by atoms with Gasteiger partial charge in [0, 0.05) is 64.7 Å². The molecular weight excluding hydrogens is 916 g/mol. The molecular formula is C67H41ClN2OS. The molecule has 72 heavy (non-hydrogen) atoms. The van der Waals surface area contributed by atoms with E-state index in [1.807, 2.05) is 23.9 Å². The Morgan fingerprint density at radius 3 is 1.74 bits per heavy atom. The summed E-state index contributed by atoms with van der Waals surface area (Å²) in [6.07, 6.45) is 0. The number of nitrogens with zero attached hydrogens (tertiary/aromatic N) is 2. The zero-order valence-electron chi connectivity index (χ0n) is 38.8. The average Bonchev–Trinajstić information content (AvgIpc) is 4.07. The molecule has 0 fully saturated rings. The molecule has 0 amide bonds. The number of fused-ring (bicyclic) bond motifs is 15. The molecule has 0 saturated heterocycles. The van der Waals surface area contributed by atoms with E-state index in [4.69, 9.17) is 16.0 Å². The van der Waals surface area contributed by atoms with Gasteiger partial charge in [0.25, 0.3) is 0 Å². The van der Waals surface area contributed by atoms with Gasteiger partial charge in [-0.25, -0.2) is 0 Å². The van der Waals surface area contributed by atoms with Crippen LogP contribution in [0.5, 0.6) is 0 Å². The summed E-state index contributed by atoms with van der Waals surface area (Å²) in [6, 6.07) is 90.6. The molecule has 1 aliphatic heterocycles.